The van der Waals surface area contributed by atoms with E-state index in [0.717, 1.165) is 0 Å². The van der Waals surface area contributed by atoms with E-state index < -0.39 is 17.9 Å². The molecule has 2 rings (SSSR count). The third kappa shape index (κ3) is 4.08. The number of H-pyrrole nitrogens is 1. The molecule has 26 heavy (non-hydrogen) atoms. The number of nitrogens with zero attached hydrogens (tertiary/aromatic N) is 1. The number of carbonyl (C=O) groups excluding carboxylic acids is 2. The Labute approximate surface area is 152 Å². The first-order chi connectivity index (χ1) is 12.5. The van der Waals surface area contributed by atoms with Gasteiger partial charge in [0.05, 0.1) is 13.4 Å². The summed E-state index contributed by atoms with van der Waals surface area (Å²) >= 11 is 0. The van der Waals surface area contributed by atoms with Crippen LogP contribution < -0.4 is 5.32 Å². The lowest BCUT2D eigenvalue weighted by Gasteiger charge is -2.17. The van der Waals surface area contributed by atoms with Gasteiger partial charge in [-0.05, 0) is 23.3 Å². The van der Waals surface area contributed by atoms with Crippen LogP contribution in [0.15, 0.2) is 37.8 Å². The lowest BCUT2D eigenvalue weighted by molar-refractivity contribution is -0.142. The molecular weight excluding hydrogens is 330 g/mol. The minimum atomic E-state index is -0.861. The maximum Gasteiger partial charge on any atom is 0.328 e. The highest BCUT2D eigenvalue weighted by Gasteiger charge is 2.23. The number of terminal acetylenes is 1. The van der Waals surface area contributed by atoms with Crippen LogP contribution >= 0.6 is 0 Å². The number of aromatic nitrogens is 2. The van der Waals surface area contributed by atoms with Gasteiger partial charge in [0.2, 0.25) is 0 Å². The molecule has 1 aromatic heterocycles. The van der Waals surface area contributed by atoms with E-state index in [-0.39, 0.29) is 6.42 Å². The predicted molar refractivity (Wildman–Crippen MR) is 100 cm³/mol. The van der Waals surface area contributed by atoms with Crippen LogP contribution in [0, 0.1) is 12.3 Å². The van der Waals surface area contributed by atoms with Crippen molar-refractivity contribution in [3.05, 3.63) is 65.8 Å². The summed E-state index contributed by atoms with van der Waals surface area (Å²) in [5.41, 5.74) is 2.92. The molecule has 0 aliphatic carbocycles. The van der Waals surface area contributed by atoms with E-state index in [9.17, 15) is 9.59 Å². The van der Waals surface area contributed by atoms with Crippen LogP contribution in [-0.2, 0) is 16.0 Å². The van der Waals surface area contributed by atoms with E-state index in [1.165, 1.54) is 13.4 Å². The number of rotatable bonds is 7. The summed E-state index contributed by atoms with van der Waals surface area (Å²) in [6.45, 7) is 7.44. The summed E-state index contributed by atoms with van der Waals surface area (Å²) in [7, 11) is 1.27. The number of hydrogen-bond acceptors (Lipinski definition) is 4. The second kappa shape index (κ2) is 8.49. The number of hydrogen-bond donors (Lipinski definition) is 2. The zero-order valence-corrected chi connectivity index (χ0v) is 14.4. The summed E-state index contributed by atoms with van der Waals surface area (Å²) in [4.78, 5) is 31.5. The first-order valence-corrected chi connectivity index (χ1v) is 7.79. The highest BCUT2D eigenvalue weighted by atomic mass is 16.5. The van der Waals surface area contributed by atoms with E-state index in [1.807, 2.05) is 0 Å². The Morgan fingerprint density at radius 2 is 2.04 bits per heavy atom. The Morgan fingerprint density at radius 3 is 2.50 bits per heavy atom. The SMILES string of the molecule is C#Cc1c(C=C)cc(C(=O)N[C@H](Cc2cnc[nH]2)C(=O)OC)cc1C=C. The first kappa shape index (κ1) is 18.7. The van der Waals surface area contributed by atoms with Gasteiger partial charge < -0.3 is 15.0 Å². The molecule has 1 heterocycles. The van der Waals surface area contributed by atoms with Crippen LogP contribution in [0.5, 0.6) is 0 Å². The van der Waals surface area contributed by atoms with Crippen molar-refractivity contribution in [1.82, 2.24) is 15.3 Å². The summed E-state index contributed by atoms with van der Waals surface area (Å²) in [6, 6.07) is 2.38. The van der Waals surface area contributed by atoms with Crippen molar-refractivity contribution in [1.29, 1.82) is 0 Å². The Bertz CT molecular complexity index is 847. The van der Waals surface area contributed by atoms with Crippen LogP contribution in [0.4, 0.5) is 0 Å². The second-order valence-electron chi connectivity index (χ2n) is 5.41. The first-order valence-electron chi connectivity index (χ1n) is 7.79. The summed E-state index contributed by atoms with van der Waals surface area (Å²) in [5.74, 6) is 1.58. The molecule has 0 spiro atoms. The van der Waals surface area contributed by atoms with Crippen molar-refractivity contribution in [2.75, 3.05) is 7.11 Å². The Balaban J connectivity index is 2.31. The largest absolute Gasteiger partial charge is 0.467 e. The van der Waals surface area contributed by atoms with Gasteiger partial charge in [-0.2, -0.15) is 0 Å². The lowest BCUT2D eigenvalue weighted by atomic mass is 9.97. The fraction of sp³-hybridized carbons (Fsp3) is 0.150. The number of aromatic amines is 1. The van der Waals surface area contributed by atoms with Crippen LogP contribution in [0.3, 0.4) is 0 Å². The van der Waals surface area contributed by atoms with Crippen molar-refractivity contribution >= 4 is 24.0 Å². The molecule has 0 unspecified atom stereocenters. The number of esters is 1. The molecule has 2 N–H and O–H groups in total. The van der Waals surface area contributed by atoms with Crippen molar-refractivity contribution in [3.63, 3.8) is 0 Å². The maximum atomic E-state index is 12.7. The Kier molecular flexibility index (Phi) is 6.12. The van der Waals surface area contributed by atoms with Crippen molar-refractivity contribution in [2.45, 2.75) is 12.5 Å². The molecule has 0 bridgehead atoms. The Morgan fingerprint density at radius 1 is 1.38 bits per heavy atom. The molecule has 0 radical (unpaired) electrons. The third-order valence-corrected chi connectivity index (χ3v) is 3.82. The van der Waals surface area contributed by atoms with Crippen LogP contribution in [0.2, 0.25) is 0 Å². The van der Waals surface area contributed by atoms with Gasteiger partial charge in [-0.15, -0.1) is 6.42 Å². The van der Waals surface area contributed by atoms with Crippen molar-refractivity contribution in [3.8, 4) is 12.3 Å². The minimum Gasteiger partial charge on any atom is -0.467 e. The number of amides is 1. The summed E-state index contributed by atoms with van der Waals surface area (Å²) in [5, 5.41) is 2.68. The highest BCUT2D eigenvalue weighted by molar-refractivity contribution is 5.98. The molecule has 0 fully saturated rings. The zero-order chi connectivity index (χ0) is 19.1. The quantitative estimate of drug-likeness (QED) is 0.593. The molecule has 6 nitrogen and oxygen atoms in total. The van der Waals surface area contributed by atoms with Gasteiger partial charge in [-0.3, -0.25) is 4.79 Å². The van der Waals surface area contributed by atoms with Crippen LogP contribution in [0.1, 0.15) is 32.7 Å². The normalized spacial score (nSPS) is 11.1. The molecule has 0 aliphatic heterocycles. The van der Waals surface area contributed by atoms with Crippen molar-refractivity contribution < 1.29 is 14.3 Å². The zero-order valence-electron chi connectivity index (χ0n) is 14.4. The molecule has 1 atom stereocenters. The summed E-state index contributed by atoms with van der Waals surface area (Å²) in [6.07, 6.45) is 12.0. The average molecular weight is 349 g/mol. The molecule has 0 saturated heterocycles. The molecule has 6 heteroatoms. The fourth-order valence-corrected chi connectivity index (χ4v) is 2.50. The van der Waals surface area contributed by atoms with E-state index in [1.54, 1.807) is 30.5 Å². The number of ether oxygens (including phenoxy) is 1. The monoisotopic (exact) mass is 349 g/mol. The number of carbonyl (C=O) groups is 2. The average Bonchev–Trinajstić information content (AvgIpc) is 3.18. The van der Waals surface area contributed by atoms with E-state index >= 15 is 0 Å². The number of benzene rings is 1. The second-order valence-corrected chi connectivity index (χ2v) is 5.41. The Hall–Kier alpha value is -3.59. The molecule has 1 amide bonds. The van der Waals surface area contributed by atoms with Gasteiger partial charge in [0, 0.05) is 29.4 Å². The van der Waals surface area contributed by atoms with Gasteiger partial charge in [-0.25, -0.2) is 9.78 Å². The standard InChI is InChI=1S/C20H19N3O3/c1-5-13-8-15(9-14(6-2)17(13)7-3)19(24)23-18(20(25)26-4)10-16-11-21-12-22-16/h3,5-6,8-9,11-12,18H,1-2,10H2,4H3,(H,21,22)(H,23,24)/t18-/m1/s1. The minimum absolute atomic E-state index is 0.226. The van der Waals surface area contributed by atoms with E-state index in [2.05, 4.69) is 34.4 Å². The molecule has 132 valence electrons. The molecule has 0 aliphatic rings. The topological polar surface area (TPSA) is 84.1 Å². The number of nitrogens with one attached hydrogen (secondary N) is 2. The maximum absolute atomic E-state index is 12.7. The van der Waals surface area contributed by atoms with Gasteiger partial charge in [0.25, 0.3) is 5.91 Å². The summed E-state index contributed by atoms with van der Waals surface area (Å²) < 4.78 is 4.78. The fourth-order valence-electron chi connectivity index (χ4n) is 2.50. The van der Waals surface area contributed by atoms with Gasteiger partial charge in [0.1, 0.15) is 6.04 Å². The number of imidazole rings is 1. The lowest BCUT2D eigenvalue weighted by Crippen LogP contribution is -2.43. The highest BCUT2D eigenvalue weighted by Crippen LogP contribution is 2.20. The predicted octanol–water partition coefficient (Wildman–Crippen LogP) is 2.19. The van der Waals surface area contributed by atoms with Gasteiger partial charge in [0.15, 0.2) is 0 Å². The van der Waals surface area contributed by atoms with Crippen LogP contribution in [0.25, 0.3) is 12.2 Å². The third-order valence-electron chi connectivity index (χ3n) is 3.82. The van der Waals surface area contributed by atoms with E-state index in [0.29, 0.717) is 27.9 Å². The number of methoxy groups -OCH3 is 1. The molecular formula is C20H19N3O3. The molecule has 0 saturated carbocycles. The van der Waals surface area contributed by atoms with E-state index in [4.69, 9.17) is 11.2 Å². The van der Waals surface area contributed by atoms with Crippen molar-refractivity contribution in [2.24, 2.45) is 0 Å². The molecule has 2 aromatic rings. The van der Waals surface area contributed by atoms with Gasteiger partial charge in [-0.1, -0.05) is 31.2 Å². The molecule has 1 aromatic carbocycles. The van der Waals surface area contributed by atoms with Gasteiger partial charge >= 0.3 is 5.97 Å². The smallest absolute Gasteiger partial charge is 0.328 e. The van der Waals surface area contributed by atoms with Crippen LogP contribution in [-0.4, -0.2) is 35.0 Å².